The molecule has 0 aromatic heterocycles. The van der Waals surface area contributed by atoms with Gasteiger partial charge in [-0.25, -0.2) is 0 Å². The molecule has 0 saturated carbocycles. The summed E-state index contributed by atoms with van der Waals surface area (Å²) in [6, 6.07) is 13.8. The summed E-state index contributed by atoms with van der Waals surface area (Å²) in [4.78, 5) is 14.3. The SMILES string of the molecule is Cc1cccc(O)c1COCC(=O)N1CCC(c2cccc(CN)c2)CC1. The minimum atomic E-state index is 0.0113. The summed E-state index contributed by atoms with van der Waals surface area (Å²) in [5.41, 5.74) is 9.90. The Bertz CT molecular complexity index is 763. The van der Waals surface area contributed by atoms with Gasteiger partial charge in [0, 0.05) is 25.2 Å². The number of aromatic hydroxyl groups is 1. The molecule has 5 nitrogen and oxygen atoms in total. The predicted octanol–water partition coefficient (Wildman–Crippen LogP) is 3.08. The standard InChI is InChI=1S/C22H28N2O3/c1-16-4-2-7-21(25)20(16)14-27-15-22(26)24-10-8-18(9-11-24)19-6-3-5-17(12-19)13-23/h2-7,12,18,25H,8-11,13-15,23H2,1H3. The molecule has 2 aromatic rings. The Hall–Kier alpha value is -2.37. The third-order valence-corrected chi connectivity index (χ3v) is 5.36. The number of rotatable bonds is 6. The molecule has 3 rings (SSSR count). The normalized spacial score (nSPS) is 15.1. The maximum atomic E-state index is 12.4. The Morgan fingerprint density at radius 2 is 1.96 bits per heavy atom. The van der Waals surface area contributed by atoms with Gasteiger partial charge in [0.1, 0.15) is 12.4 Å². The number of carbonyl (C=O) groups excluding carboxylic acids is 1. The summed E-state index contributed by atoms with van der Waals surface area (Å²) in [7, 11) is 0. The molecular formula is C22H28N2O3. The van der Waals surface area contributed by atoms with Gasteiger partial charge >= 0.3 is 0 Å². The van der Waals surface area contributed by atoms with Crippen molar-refractivity contribution in [2.75, 3.05) is 19.7 Å². The van der Waals surface area contributed by atoms with E-state index < -0.39 is 0 Å². The third-order valence-electron chi connectivity index (χ3n) is 5.36. The number of ether oxygens (including phenoxy) is 1. The number of hydrogen-bond donors (Lipinski definition) is 2. The Balaban J connectivity index is 1.47. The number of amides is 1. The van der Waals surface area contributed by atoms with Gasteiger partial charge in [-0.1, -0.05) is 36.4 Å². The quantitative estimate of drug-likeness (QED) is 0.822. The van der Waals surface area contributed by atoms with Crippen LogP contribution in [0.25, 0.3) is 0 Å². The molecule has 0 atom stereocenters. The number of nitrogens with zero attached hydrogens (tertiary/aromatic N) is 1. The van der Waals surface area contributed by atoms with Crippen LogP contribution >= 0.6 is 0 Å². The molecule has 0 aliphatic carbocycles. The maximum Gasteiger partial charge on any atom is 0.248 e. The highest BCUT2D eigenvalue weighted by atomic mass is 16.5. The second kappa shape index (κ2) is 9.02. The lowest BCUT2D eigenvalue weighted by Crippen LogP contribution is -2.39. The fourth-order valence-corrected chi connectivity index (χ4v) is 3.64. The molecule has 1 fully saturated rings. The predicted molar refractivity (Wildman–Crippen MR) is 105 cm³/mol. The van der Waals surface area contributed by atoms with Gasteiger partial charge in [-0.3, -0.25) is 4.79 Å². The Kier molecular flexibility index (Phi) is 6.48. The summed E-state index contributed by atoms with van der Waals surface area (Å²) in [6.07, 6.45) is 1.91. The lowest BCUT2D eigenvalue weighted by molar-refractivity contribution is -0.137. The monoisotopic (exact) mass is 368 g/mol. The molecule has 1 saturated heterocycles. The van der Waals surface area contributed by atoms with Crippen molar-refractivity contribution in [2.45, 2.75) is 38.8 Å². The zero-order chi connectivity index (χ0) is 19.2. The van der Waals surface area contributed by atoms with Crippen molar-refractivity contribution >= 4 is 5.91 Å². The second-order valence-electron chi connectivity index (χ2n) is 7.17. The summed E-state index contributed by atoms with van der Waals surface area (Å²) in [6.45, 7) is 4.25. The zero-order valence-corrected chi connectivity index (χ0v) is 15.9. The zero-order valence-electron chi connectivity index (χ0n) is 15.9. The van der Waals surface area contributed by atoms with Crippen LogP contribution in [0.15, 0.2) is 42.5 Å². The van der Waals surface area contributed by atoms with Crippen LogP contribution < -0.4 is 5.73 Å². The summed E-state index contributed by atoms with van der Waals surface area (Å²) in [5.74, 6) is 0.700. The minimum absolute atomic E-state index is 0.0113. The number of phenolic OH excluding ortho intramolecular Hbond substituents is 1. The van der Waals surface area contributed by atoms with Gasteiger partial charge < -0.3 is 20.5 Å². The van der Waals surface area contributed by atoms with Crippen molar-refractivity contribution in [1.82, 2.24) is 4.90 Å². The van der Waals surface area contributed by atoms with Crippen LogP contribution in [0.4, 0.5) is 0 Å². The fraction of sp³-hybridized carbons (Fsp3) is 0.409. The van der Waals surface area contributed by atoms with E-state index in [1.165, 1.54) is 5.56 Å². The highest BCUT2D eigenvalue weighted by molar-refractivity contribution is 5.77. The van der Waals surface area contributed by atoms with E-state index in [1.54, 1.807) is 12.1 Å². The molecule has 0 radical (unpaired) electrons. The number of likely N-dealkylation sites (tertiary alicyclic amines) is 1. The van der Waals surface area contributed by atoms with Gasteiger partial charge in [0.2, 0.25) is 5.91 Å². The van der Waals surface area contributed by atoms with E-state index in [-0.39, 0.29) is 24.9 Å². The highest BCUT2D eigenvalue weighted by Crippen LogP contribution is 2.28. The van der Waals surface area contributed by atoms with Gasteiger partial charge in [0.15, 0.2) is 0 Å². The first-order valence-corrected chi connectivity index (χ1v) is 9.50. The van der Waals surface area contributed by atoms with Crippen molar-refractivity contribution in [2.24, 2.45) is 5.73 Å². The molecule has 144 valence electrons. The molecule has 3 N–H and O–H groups in total. The minimum Gasteiger partial charge on any atom is -0.508 e. The van der Waals surface area contributed by atoms with Crippen molar-refractivity contribution in [3.8, 4) is 5.75 Å². The van der Waals surface area contributed by atoms with E-state index in [1.807, 2.05) is 24.0 Å². The van der Waals surface area contributed by atoms with Crippen molar-refractivity contribution in [3.05, 3.63) is 64.7 Å². The number of phenols is 1. The number of hydrogen-bond acceptors (Lipinski definition) is 4. The first-order valence-electron chi connectivity index (χ1n) is 9.50. The third kappa shape index (κ3) is 4.87. The Labute approximate surface area is 160 Å². The molecule has 27 heavy (non-hydrogen) atoms. The molecule has 0 spiro atoms. The molecule has 1 amide bonds. The van der Waals surface area contributed by atoms with Gasteiger partial charge in [-0.2, -0.15) is 0 Å². The Morgan fingerprint density at radius 1 is 1.22 bits per heavy atom. The van der Waals surface area contributed by atoms with Crippen LogP contribution in [0.2, 0.25) is 0 Å². The van der Waals surface area contributed by atoms with Crippen LogP contribution in [-0.4, -0.2) is 35.6 Å². The second-order valence-corrected chi connectivity index (χ2v) is 7.17. The van der Waals surface area contributed by atoms with Gasteiger partial charge in [-0.15, -0.1) is 0 Å². The number of carbonyl (C=O) groups is 1. The number of nitrogens with two attached hydrogens (primary N) is 1. The maximum absolute atomic E-state index is 12.4. The van der Waals surface area contributed by atoms with Gasteiger partial charge in [-0.05, 0) is 48.4 Å². The smallest absolute Gasteiger partial charge is 0.248 e. The van der Waals surface area contributed by atoms with Crippen LogP contribution in [-0.2, 0) is 22.7 Å². The van der Waals surface area contributed by atoms with Gasteiger partial charge in [0.25, 0.3) is 0 Å². The average molecular weight is 368 g/mol. The number of aryl methyl sites for hydroxylation is 1. The van der Waals surface area contributed by atoms with E-state index in [4.69, 9.17) is 10.5 Å². The Morgan fingerprint density at radius 3 is 2.67 bits per heavy atom. The van der Waals surface area contributed by atoms with Crippen molar-refractivity contribution in [1.29, 1.82) is 0 Å². The number of benzene rings is 2. The lowest BCUT2D eigenvalue weighted by Gasteiger charge is -2.32. The number of piperidine rings is 1. The molecule has 1 aliphatic heterocycles. The molecule has 1 heterocycles. The van der Waals surface area contributed by atoms with E-state index in [0.29, 0.717) is 12.5 Å². The van der Waals surface area contributed by atoms with Gasteiger partial charge in [0.05, 0.1) is 6.61 Å². The van der Waals surface area contributed by atoms with E-state index in [9.17, 15) is 9.90 Å². The van der Waals surface area contributed by atoms with Crippen LogP contribution in [0.3, 0.4) is 0 Å². The molecular weight excluding hydrogens is 340 g/mol. The van der Waals surface area contributed by atoms with Crippen LogP contribution in [0, 0.1) is 6.92 Å². The summed E-state index contributed by atoms with van der Waals surface area (Å²) < 4.78 is 5.57. The van der Waals surface area contributed by atoms with E-state index >= 15 is 0 Å². The van der Waals surface area contributed by atoms with Crippen molar-refractivity contribution in [3.63, 3.8) is 0 Å². The fourth-order valence-electron chi connectivity index (χ4n) is 3.64. The molecule has 1 aliphatic rings. The van der Waals surface area contributed by atoms with E-state index in [0.717, 1.165) is 42.6 Å². The average Bonchev–Trinajstić information content (AvgIpc) is 2.70. The first kappa shape index (κ1) is 19.4. The van der Waals surface area contributed by atoms with Crippen LogP contribution in [0.1, 0.15) is 41.0 Å². The van der Waals surface area contributed by atoms with Crippen LogP contribution in [0.5, 0.6) is 5.75 Å². The molecule has 5 heteroatoms. The highest BCUT2D eigenvalue weighted by Gasteiger charge is 2.24. The van der Waals surface area contributed by atoms with E-state index in [2.05, 4.69) is 18.2 Å². The molecule has 2 aromatic carbocycles. The summed E-state index contributed by atoms with van der Waals surface area (Å²) in [5, 5.41) is 9.90. The lowest BCUT2D eigenvalue weighted by atomic mass is 9.88. The van der Waals surface area contributed by atoms with Crippen molar-refractivity contribution < 1.29 is 14.6 Å². The first-order chi connectivity index (χ1) is 13.1. The summed E-state index contributed by atoms with van der Waals surface area (Å²) >= 11 is 0. The largest absolute Gasteiger partial charge is 0.508 e. The topological polar surface area (TPSA) is 75.8 Å². The molecule has 0 bridgehead atoms. The molecule has 0 unspecified atom stereocenters.